The first-order chi connectivity index (χ1) is 8.55. The molecule has 0 aromatic carbocycles. The van der Waals surface area contributed by atoms with Crippen molar-refractivity contribution in [3.05, 3.63) is 0 Å². The number of ether oxygens (including phenoxy) is 1. The smallest absolute Gasteiger partial charge is 0.0472 e. The summed E-state index contributed by atoms with van der Waals surface area (Å²) in [6.45, 7) is 11.5. The zero-order chi connectivity index (χ0) is 13.1. The highest BCUT2D eigenvalue weighted by Gasteiger charge is 2.36. The molecule has 1 N–H and O–H groups in total. The molecule has 2 fully saturated rings. The zero-order valence-corrected chi connectivity index (χ0v) is 12.9. The van der Waals surface area contributed by atoms with Gasteiger partial charge >= 0.3 is 0 Å². The third-order valence-corrected chi connectivity index (χ3v) is 5.47. The van der Waals surface area contributed by atoms with Crippen LogP contribution < -0.4 is 5.32 Å². The molecule has 0 unspecified atom stereocenters. The lowest BCUT2D eigenvalue weighted by Crippen LogP contribution is -2.51. The van der Waals surface area contributed by atoms with Crippen molar-refractivity contribution in [2.75, 3.05) is 52.2 Å². The van der Waals surface area contributed by atoms with Crippen LogP contribution in [0.4, 0.5) is 0 Å². The van der Waals surface area contributed by atoms with Gasteiger partial charge in [0.05, 0.1) is 0 Å². The van der Waals surface area contributed by atoms with Crippen molar-refractivity contribution >= 4 is 11.8 Å². The van der Waals surface area contributed by atoms with E-state index in [9.17, 15) is 0 Å². The number of hydrogen-bond donors (Lipinski definition) is 1. The average molecular weight is 272 g/mol. The SMILES string of the molecule is CNCC1(CN2CCSC(C)(C)C2)CCOCC1. The Bertz CT molecular complexity index is 259. The lowest BCUT2D eigenvalue weighted by molar-refractivity contribution is -0.00409. The monoisotopic (exact) mass is 272 g/mol. The van der Waals surface area contributed by atoms with Crippen molar-refractivity contribution < 1.29 is 4.74 Å². The molecule has 0 amide bonds. The van der Waals surface area contributed by atoms with Crippen molar-refractivity contribution in [2.24, 2.45) is 5.41 Å². The molecule has 2 heterocycles. The first-order valence-electron chi connectivity index (χ1n) is 7.14. The number of thioether (sulfide) groups is 1. The van der Waals surface area contributed by atoms with Gasteiger partial charge in [-0.15, -0.1) is 0 Å². The third kappa shape index (κ3) is 3.86. The van der Waals surface area contributed by atoms with Crippen LogP contribution in [0.1, 0.15) is 26.7 Å². The lowest BCUT2D eigenvalue weighted by Gasteiger charge is -2.45. The molecular weight excluding hydrogens is 244 g/mol. The molecule has 0 aliphatic carbocycles. The molecule has 4 heteroatoms. The van der Waals surface area contributed by atoms with Crippen LogP contribution in [0.3, 0.4) is 0 Å². The van der Waals surface area contributed by atoms with E-state index in [-0.39, 0.29) is 0 Å². The molecule has 0 radical (unpaired) electrons. The topological polar surface area (TPSA) is 24.5 Å². The van der Waals surface area contributed by atoms with Gasteiger partial charge in [-0.1, -0.05) is 0 Å². The van der Waals surface area contributed by atoms with Gasteiger partial charge in [0.15, 0.2) is 0 Å². The Kier molecular flexibility index (Phi) is 4.98. The van der Waals surface area contributed by atoms with Gasteiger partial charge in [-0.25, -0.2) is 0 Å². The zero-order valence-electron chi connectivity index (χ0n) is 12.1. The molecule has 2 aliphatic rings. The second-order valence-corrected chi connectivity index (χ2v) is 8.26. The predicted octanol–water partition coefficient (Wildman–Crippen LogP) is 1.83. The molecule has 0 saturated carbocycles. The van der Waals surface area contributed by atoms with Gasteiger partial charge in [-0.2, -0.15) is 11.8 Å². The number of rotatable bonds is 4. The van der Waals surface area contributed by atoms with Gasteiger partial charge < -0.3 is 15.0 Å². The molecule has 3 nitrogen and oxygen atoms in total. The number of nitrogens with one attached hydrogen (secondary N) is 1. The van der Waals surface area contributed by atoms with E-state index in [1.165, 1.54) is 38.2 Å². The highest BCUT2D eigenvalue weighted by Crippen LogP contribution is 2.35. The standard InChI is InChI=1S/C14H28N2OS/c1-13(2)11-16(6-9-18-13)12-14(10-15-3)4-7-17-8-5-14/h15H,4-12H2,1-3H3. The van der Waals surface area contributed by atoms with E-state index >= 15 is 0 Å². The van der Waals surface area contributed by atoms with Crippen molar-refractivity contribution in [1.29, 1.82) is 0 Å². The fourth-order valence-corrected chi connectivity index (χ4v) is 4.47. The number of nitrogens with zero attached hydrogens (tertiary/aromatic N) is 1. The van der Waals surface area contributed by atoms with E-state index in [1.807, 2.05) is 0 Å². The first kappa shape index (κ1) is 14.6. The Balaban J connectivity index is 1.95. The third-order valence-electron chi connectivity index (χ3n) is 4.17. The van der Waals surface area contributed by atoms with Gasteiger partial charge in [-0.3, -0.25) is 0 Å². The van der Waals surface area contributed by atoms with Gasteiger partial charge in [0.2, 0.25) is 0 Å². The van der Waals surface area contributed by atoms with Crippen LogP contribution in [0.5, 0.6) is 0 Å². The quantitative estimate of drug-likeness (QED) is 0.844. The minimum absolute atomic E-state index is 0.421. The fraction of sp³-hybridized carbons (Fsp3) is 1.00. The maximum absolute atomic E-state index is 5.55. The van der Waals surface area contributed by atoms with Crippen LogP contribution in [-0.2, 0) is 4.74 Å². The summed E-state index contributed by atoms with van der Waals surface area (Å²) in [5, 5.41) is 3.40. The van der Waals surface area contributed by atoms with Crippen LogP contribution >= 0.6 is 11.8 Å². The Labute approximate surface area is 116 Å². The second kappa shape index (κ2) is 6.12. The van der Waals surface area contributed by atoms with E-state index in [0.717, 1.165) is 19.8 Å². The van der Waals surface area contributed by atoms with Crippen molar-refractivity contribution in [3.63, 3.8) is 0 Å². The predicted molar refractivity (Wildman–Crippen MR) is 79.4 cm³/mol. The highest BCUT2D eigenvalue weighted by atomic mass is 32.2. The summed E-state index contributed by atoms with van der Waals surface area (Å²) in [6, 6.07) is 0. The number of hydrogen-bond acceptors (Lipinski definition) is 4. The lowest BCUT2D eigenvalue weighted by atomic mass is 9.79. The summed E-state index contributed by atoms with van der Waals surface area (Å²) in [7, 11) is 2.08. The van der Waals surface area contributed by atoms with Gasteiger partial charge in [0.25, 0.3) is 0 Å². The molecule has 0 atom stereocenters. The molecule has 2 aliphatic heterocycles. The van der Waals surface area contributed by atoms with Crippen molar-refractivity contribution in [2.45, 2.75) is 31.4 Å². The Hall–Kier alpha value is 0.230. The summed E-state index contributed by atoms with van der Waals surface area (Å²) >= 11 is 2.12. The minimum atomic E-state index is 0.421. The van der Waals surface area contributed by atoms with Gasteiger partial charge in [0.1, 0.15) is 0 Å². The molecule has 0 aromatic rings. The van der Waals surface area contributed by atoms with Crippen LogP contribution in [0, 0.1) is 5.41 Å². The fourth-order valence-electron chi connectivity index (χ4n) is 3.29. The molecule has 2 rings (SSSR count). The highest BCUT2D eigenvalue weighted by molar-refractivity contribution is 8.00. The molecule has 106 valence electrons. The van der Waals surface area contributed by atoms with Crippen LogP contribution in [-0.4, -0.2) is 61.8 Å². The molecule has 0 spiro atoms. The van der Waals surface area contributed by atoms with E-state index < -0.39 is 0 Å². The largest absolute Gasteiger partial charge is 0.381 e. The minimum Gasteiger partial charge on any atom is -0.381 e. The molecule has 0 aromatic heterocycles. The summed E-state index contributed by atoms with van der Waals surface area (Å²) in [5.41, 5.74) is 0.436. The van der Waals surface area contributed by atoms with Crippen LogP contribution in [0.15, 0.2) is 0 Å². The van der Waals surface area contributed by atoms with Gasteiger partial charge in [-0.05, 0) is 39.2 Å². The van der Waals surface area contributed by atoms with E-state index in [1.54, 1.807) is 0 Å². The van der Waals surface area contributed by atoms with E-state index in [4.69, 9.17) is 4.74 Å². The summed E-state index contributed by atoms with van der Waals surface area (Å²) in [4.78, 5) is 2.68. The normalized spacial score (nSPS) is 28.2. The van der Waals surface area contributed by atoms with E-state index in [2.05, 4.69) is 42.9 Å². The maximum atomic E-state index is 5.55. The summed E-state index contributed by atoms with van der Waals surface area (Å²) < 4.78 is 5.97. The molecular formula is C14H28N2OS. The summed E-state index contributed by atoms with van der Waals surface area (Å²) in [5.74, 6) is 1.28. The first-order valence-corrected chi connectivity index (χ1v) is 8.13. The summed E-state index contributed by atoms with van der Waals surface area (Å²) in [6.07, 6.45) is 2.41. The average Bonchev–Trinajstić information content (AvgIpc) is 2.29. The van der Waals surface area contributed by atoms with Crippen molar-refractivity contribution in [1.82, 2.24) is 10.2 Å². The Morgan fingerprint density at radius 2 is 2.00 bits per heavy atom. The molecule has 0 bridgehead atoms. The van der Waals surface area contributed by atoms with Crippen molar-refractivity contribution in [3.8, 4) is 0 Å². The van der Waals surface area contributed by atoms with Crippen LogP contribution in [0.2, 0.25) is 0 Å². The molecule has 18 heavy (non-hydrogen) atoms. The maximum Gasteiger partial charge on any atom is 0.0472 e. The van der Waals surface area contributed by atoms with Gasteiger partial charge in [0, 0.05) is 49.9 Å². The second-order valence-electron chi connectivity index (χ2n) is 6.46. The Morgan fingerprint density at radius 3 is 2.61 bits per heavy atom. The molecule has 2 saturated heterocycles. The van der Waals surface area contributed by atoms with E-state index in [0.29, 0.717) is 10.2 Å². The van der Waals surface area contributed by atoms with Crippen LogP contribution in [0.25, 0.3) is 0 Å². The Morgan fingerprint density at radius 1 is 1.28 bits per heavy atom.